The highest BCUT2D eigenvalue weighted by molar-refractivity contribution is 5.58. The number of methoxy groups -OCH3 is 1. The summed E-state index contributed by atoms with van der Waals surface area (Å²) in [5, 5.41) is 3.12. The zero-order valence-electron chi connectivity index (χ0n) is 9.55. The van der Waals surface area contributed by atoms with E-state index < -0.39 is 0 Å². The van der Waals surface area contributed by atoms with Gasteiger partial charge in [-0.05, 0) is 12.1 Å². The van der Waals surface area contributed by atoms with Crippen molar-refractivity contribution < 1.29 is 4.74 Å². The van der Waals surface area contributed by atoms with Crippen LogP contribution in [0.1, 0.15) is 5.56 Å². The molecule has 0 unspecified atom stereocenters. The molecule has 1 aromatic heterocycles. The van der Waals surface area contributed by atoms with E-state index in [-0.39, 0.29) is 0 Å². The van der Waals surface area contributed by atoms with Crippen LogP contribution in [0.25, 0.3) is 0 Å². The quantitative estimate of drug-likeness (QED) is 0.839. The average Bonchev–Trinajstić information content (AvgIpc) is 2.32. The molecule has 0 aliphatic rings. The van der Waals surface area contributed by atoms with Crippen LogP contribution in [-0.2, 0) is 11.3 Å². The molecule has 0 spiro atoms. The molecule has 17 heavy (non-hydrogen) atoms. The summed E-state index contributed by atoms with van der Waals surface area (Å²) < 4.78 is 5.12. The van der Waals surface area contributed by atoms with Gasteiger partial charge in [0.15, 0.2) is 0 Å². The van der Waals surface area contributed by atoms with Crippen LogP contribution in [0.4, 0.5) is 17.5 Å². The van der Waals surface area contributed by atoms with Gasteiger partial charge in [-0.1, -0.05) is 18.2 Å². The molecule has 1 heterocycles. The standard InChI is InChI=1S/C12H14N4O/c1-17-8-9-4-2-3-5-10(9)15-12-14-7-6-11(13)16-12/h2-7H,8H2,1H3,(H3,13,14,15,16). The van der Waals surface area contributed by atoms with Gasteiger partial charge in [0.1, 0.15) is 5.82 Å². The molecule has 3 N–H and O–H groups in total. The number of rotatable bonds is 4. The molecule has 0 saturated heterocycles. The smallest absolute Gasteiger partial charge is 0.229 e. The molecule has 0 aliphatic heterocycles. The number of nitrogens with zero attached hydrogens (tertiary/aromatic N) is 2. The predicted molar refractivity (Wildman–Crippen MR) is 66.9 cm³/mol. The van der Waals surface area contributed by atoms with Gasteiger partial charge in [-0.3, -0.25) is 0 Å². The Morgan fingerprint density at radius 1 is 1.29 bits per heavy atom. The summed E-state index contributed by atoms with van der Waals surface area (Å²) in [6.07, 6.45) is 1.61. The maximum absolute atomic E-state index is 5.59. The SMILES string of the molecule is COCc1ccccc1Nc1nccc(N)n1. The van der Waals surface area contributed by atoms with Crippen LogP contribution in [0.2, 0.25) is 0 Å². The summed E-state index contributed by atoms with van der Waals surface area (Å²) in [4.78, 5) is 8.18. The molecular weight excluding hydrogens is 216 g/mol. The Morgan fingerprint density at radius 3 is 2.88 bits per heavy atom. The minimum Gasteiger partial charge on any atom is -0.384 e. The molecule has 88 valence electrons. The number of nitrogens with two attached hydrogens (primary N) is 1. The summed E-state index contributed by atoms with van der Waals surface area (Å²) >= 11 is 0. The minimum absolute atomic E-state index is 0.437. The monoisotopic (exact) mass is 230 g/mol. The Hall–Kier alpha value is -2.14. The van der Waals surface area contributed by atoms with Gasteiger partial charge in [-0.25, -0.2) is 4.98 Å². The number of nitrogens with one attached hydrogen (secondary N) is 1. The van der Waals surface area contributed by atoms with Crippen LogP contribution >= 0.6 is 0 Å². The molecule has 0 fully saturated rings. The van der Waals surface area contributed by atoms with Crippen LogP contribution in [0, 0.1) is 0 Å². The third-order valence-corrected chi connectivity index (χ3v) is 2.24. The fraction of sp³-hybridized carbons (Fsp3) is 0.167. The van der Waals surface area contributed by atoms with E-state index in [2.05, 4.69) is 15.3 Å². The Bertz CT molecular complexity index is 501. The van der Waals surface area contributed by atoms with Gasteiger partial charge >= 0.3 is 0 Å². The predicted octanol–water partition coefficient (Wildman–Crippen LogP) is 1.95. The molecule has 2 rings (SSSR count). The highest BCUT2D eigenvalue weighted by Gasteiger charge is 2.03. The van der Waals surface area contributed by atoms with Crippen molar-refractivity contribution in [1.82, 2.24) is 9.97 Å². The Balaban J connectivity index is 2.23. The fourth-order valence-electron chi connectivity index (χ4n) is 1.48. The van der Waals surface area contributed by atoms with Gasteiger partial charge in [-0.2, -0.15) is 4.98 Å². The maximum atomic E-state index is 5.59. The molecule has 0 saturated carbocycles. The Kier molecular flexibility index (Phi) is 3.52. The summed E-state index contributed by atoms with van der Waals surface area (Å²) in [7, 11) is 1.66. The first-order valence-corrected chi connectivity index (χ1v) is 5.22. The summed E-state index contributed by atoms with van der Waals surface area (Å²) in [6, 6.07) is 9.47. The number of aromatic nitrogens is 2. The van der Waals surface area contributed by atoms with Crippen LogP contribution in [-0.4, -0.2) is 17.1 Å². The molecule has 0 bridgehead atoms. The normalized spacial score (nSPS) is 10.2. The molecule has 0 atom stereocenters. The minimum atomic E-state index is 0.437. The fourth-order valence-corrected chi connectivity index (χ4v) is 1.48. The number of hydrogen-bond donors (Lipinski definition) is 2. The van der Waals surface area contributed by atoms with Crippen molar-refractivity contribution >= 4 is 17.5 Å². The number of nitrogen functional groups attached to an aromatic ring is 1. The van der Waals surface area contributed by atoms with Crippen molar-refractivity contribution in [1.29, 1.82) is 0 Å². The highest BCUT2D eigenvalue weighted by atomic mass is 16.5. The Labute approximate surface area is 99.7 Å². The van der Waals surface area contributed by atoms with Gasteiger partial charge in [0, 0.05) is 24.6 Å². The number of hydrogen-bond acceptors (Lipinski definition) is 5. The van der Waals surface area contributed by atoms with Crippen LogP contribution in [0.5, 0.6) is 0 Å². The van der Waals surface area contributed by atoms with E-state index in [4.69, 9.17) is 10.5 Å². The third-order valence-electron chi connectivity index (χ3n) is 2.24. The van der Waals surface area contributed by atoms with Crippen molar-refractivity contribution in [2.45, 2.75) is 6.61 Å². The molecular formula is C12H14N4O. The van der Waals surface area contributed by atoms with Crippen molar-refractivity contribution in [2.75, 3.05) is 18.2 Å². The van der Waals surface area contributed by atoms with Gasteiger partial charge in [0.2, 0.25) is 5.95 Å². The van der Waals surface area contributed by atoms with Crippen LogP contribution < -0.4 is 11.1 Å². The van der Waals surface area contributed by atoms with E-state index >= 15 is 0 Å². The topological polar surface area (TPSA) is 73.1 Å². The second-order valence-corrected chi connectivity index (χ2v) is 3.52. The van der Waals surface area contributed by atoms with Gasteiger partial charge in [-0.15, -0.1) is 0 Å². The van der Waals surface area contributed by atoms with Crippen molar-refractivity contribution in [2.24, 2.45) is 0 Å². The van der Waals surface area contributed by atoms with Crippen LogP contribution in [0.15, 0.2) is 36.5 Å². The average molecular weight is 230 g/mol. The maximum Gasteiger partial charge on any atom is 0.229 e. The lowest BCUT2D eigenvalue weighted by Crippen LogP contribution is -2.02. The molecule has 5 nitrogen and oxygen atoms in total. The molecule has 1 aromatic carbocycles. The molecule has 0 aliphatic carbocycles. The number of anilines is 3. The highest BCUT2D eigenvalue weighted by Crippen LogP contribution is 2.19. The van der Waals surface area contributed by atoms with E-state index in [1.54, 1.807) is 19.4 Å². The first-order valence-electron chi connectivity index (χ1n) is 5.22. The largest absolute Gasteiger partial charge is 0.384 e. The number of ether oxygens (including phenoxy) is 1. The van der Waals surface area contributed by atoms with E-state index in [0.717, 1.165) is 11.3 Å². The first kappa shape index (κ1) is 11.3. The number of benzene rings is 1. The zero-order valence-corrected chi connectivity index (χ0v) is 9.55. The third kappa shape index (κ3) is 2.92. The lowest BCUT2D eigenvalue weighted by Gasteiger charge is -2.10. The summed E-state index contributed by atoms with van der Waals surface area (Å²) in [6.45, 7) is 0.533. The van der Waals surface area contributed by atoms with E-state index in [1.807, 2.05) is 24.3 Å². The van der Waals surface area contributed by atoms with E-state index in [0.29, 0.717) is 18.4 Å². The number of para-hydroxylation sites is 1. The molecule has 5 heteroatoms. The van der Waals surface area contributed by atoms with Crippen molar-refractivity contribution in [3.8, 4) is 0 Å². The van der Waals surface area contributed by atoms with Gasteiger partial charge in [0.05, 0.1) is 6.61 Å². The van der Waals surface area contributed by atoms with Crippen molar-refractivity contribution in [3.05, 3.63) is 42.1 Å². The van der Waals surface area contributed by atoms with Gasteiger partial charge < -0.3 is 15.8 Å². The first-order chi connectivity index (χ1) is 8.29. The molecule has 0 radical (unpaired) electrons. The van der Waals surface area contributed by atoms with E-state index in [9.17, 15) is 0 Å². The van der Waals surface area contributed by atoms with Crippen molar-refractivity contribution in [3.63, 3.8) is 0 Å². The summed E-state index contributed by atoms with van der Waals surface area (Å²) in [5.41, 5.74) is 7.55. The van der Waals surface area contributed by atoms with E-state index in [1.165, 1.54) is 0 Å². The van der Waals surface area contributed by atoms with Gasteiger partial charge in [0.25, 0.3) is 0 Å². The lowest BCUT2D eigenvalue weighted by atomic mass is 10.2. The zero-order chi connectivity index (χ0) is 12.1. The molecule has 0 amide bonds. The second kappa shape index (κ2) is 5.27. The lowest BCUT2D eigenvalue weighted by molar-refractivity contribution is 0.185. The second-order valence-electron chi connectivity index (χ2n) is 3.52. The Morgan fingerprint density at radius 2 is 2.12 bits per heavy atom. The van der Waals surface area contributed by atoms with Crippen LogP contribution in [0.3, 0.4) is 0 Å². The summed E-state index contributed by atoms with van der Waals surface area (Å²) in [5.74, 6) is 0.917. The molecule has 2 aromatic rings.